The topological polar surface area (TPSA) is 66.0 Å². The summed E-state index contributed by atoms with van der Waals surface area (Å²) in [6, 6.07) is 5.81. The van der Waals surface area contributed by atoms with Crippen molar-refractivity contribution < 1.29 is 9.53 Å². The van der Waals surface area contributed by atoms with Gasteiger partial charge in [0.05, 0.1) is 19.3 Å². The summed E-state index contributed by atoms with van der Waals surface area (Å²) in [4.78, 5) is 18.6. The van der Waals surface area contributed by atoms with Gasteiger partial charge < -0.3 is 20.3 Å². The molecule has 2 fully saturated rings. The number of halogens is 1. The first-order chi connectivity index (χ1) is 12.5. The number of rotatable bonds is 5. The Bertz CT molecular complexity index is 689. The number of carbonyl (C=O) groups excluding carboxylic acids is 1. The third-order valence-electron chi connectivity index (χ3n) is 5.47. The molecule has 2 aliphatic rings. The molecule has 1 saturated heterocycles. The summed E-state index contributed by atoms with van der Waals surface area (Å²) < 4.78 is 5.32. The van der Waals surface area contributed by atoms with Gasteiger partial charge in [-0.3, -0.25) is 4.79 Å². The number of carbonyl (C=O) groups is 1. The molecule has 0 aromatic heterocycles. The van der Waals surface area contributed by atoms with Crippen molar-refractivity contribution in [3.63, 3.8) is 0 Å². The SMILES string of the molecule is CCNC(=NCc1ccc(OC)c(NC(C)=O)c1)N1CCC2(CCC2)C1.I. The lowest BCUT2D eigenvalue weighted by molar-refractivity contribution is -0.114. The molecule has 1 amide bonds. The molecule has 1 spiro atoms. The molecule has 1 aliphatic carbocycles. The highest BCUT2D eigenvalue weighted by molar-refractivity contribution is 14.0. The number of guanidine groups is 1. The molecule has 0 bridgehead atoms. The van der Waals surface area contributed by atoms with E-state index in [1.807, 2.05) is 18.2 Å². The fourth-order valence-corrected chi connectivity index (χ4v) is 3.93. The molecule has 1 aliphatic heterocycles. The molecule has 27 heavy (non-hydrogen) atoms. The number of anilines is 1. The molecular formula is C20H31IN4O2. The van der Waals surface area contributed by atoms with Gasteiger partial charge in [0.1, 0.15) is 5.75 Å². The van der Waals surface area contributed by atoms with Crippen LogP contribution in [-0.2, 0) is 11.3 Å². The highest BCUT2D eigenvalue weighted by Gasteiger charge is 2.43. The largest absolute Gasteiger partial charge is 0.495 e. The molecule has 3 rings (SSSR count). The Hall–Kier alpha value is -1.51. The molecular weight excluding hydrogens is 455 g/mol. The van der Waals surface area contributed by atoms with Crippen LogP contribution in [0, 0.1) is 5.41 Å². The number of nitrogens with zero attached hydrogens (tertiary/aromatic N) is 2. The van der Waals surface area contributed by atoms with Crippen molar-refractivity contribution >= 4 is 41.5 Å². The van der Waals surface area contributed by atoms with Crippen LogP contribution in [0.4, 0.5) is 5.69 Å². The van der Waals surface area contributed by atoms with E-state index >= 15 is 0 Å². The third-order valence-corrected chi connectivity index (χ3v) is 5.47. The van der Waals surface area contributed by atoms with Crippen molar-refractivity contribution in [1.29, 1.82) is 0 Å². The van der Waals surface area contributed by atoms with Crippen LogP contribution in [0.2, 0.25) is 0 Å². The van der Waals surface area contributed by atoms with Crippen molar-refractivity contribution in [1.82, 2.24) is 10.2 Å². The average molecular weight is 486 g/mol. The number of likely N-dealkylation sites (tertiary alicyclic amines) is 1. The van der Waals surface area contributed by atoms with Crippen LogP contribution in [0.5, 0.6) is 5.75 Å². The van der Waals surface area contributed by atoms with Gasteiger partial charge in [-0.05, 0) is 49.3 Å². The van der Waals surface area contributed by atoms with Gasteiger partial charge in [0, 0.05) is 26.6 Å². The number of methoxy groups -OCH3 is 1. The molecule has 6 nitrogen and oxygen atoms in total. The summed E-state index contributed by atoms with van der Waals surface area (Å²) in [5, 5.41) is 6.25. The van der Waals surface area contributed by atoms with E-state index in [1.54, 1.807) is 7.11 Å². The second-order valence-electron chi connectivity index (χ2n) is 7.41. The fourth-order valence-electron chi connectivity index (χ4n) is 3.93. The van der Waals surface area contributed by atoms with E-state index in [1.165, 1.54) is 32.6 Å². The molecule has 150 valence electrons. The third kappa shape index (κ3) is 5.27. The minimum Gasteiger partial charge on any atom is -0.495 e. The Morgan fingerprint density at radius 3 is 2.67 bits per heavy atom. The predicted octanol–water partition coefficient (Wildman–Crippen LogP) is 3.61. The molecule has 1 aromatic rings. The average Bonchev–Trinajstić information content (AvgIpc) is 3.04. The Balaban J connectivity index is 0.00000261. The second kappa shape index (κ2) is 9.61. The van der Waals surface area contributed by atoms with Gasteiger partial charge in [0.2, 0.25) is 5.91 Å². The summed E-state index contributed by atoms with van der Waals surface area (Å²) in [6.07, 6.45) is 5.38. The number of amides is 1. The van der Waals surface area contributed by atoms with E-state index in [0.29, 0.717) is 23.4 Å². The zero-order valence-corrected chi connectivity index (χ0v) is 18.8. The fraction of sp³-hybridized carbons (Fsp3) is 0.600. The Kier molecular flexibility index (Phi) is 7.76. The van der Waals surface area contributed by atoms with E-state index in [0.717, 1.165) is 31.2 Å². The van der Waals surface area contributed by atoms with E-state index in [-0.39, 0.29) is 29.9 Å². The summed E-state index contributed by atoms with van der Waals surface area (Å²) in [5.74, 6) is 1.54. The number of aliphatic imine (C=N–C) groups is 1. The van der Waals surface area contributed by atoms with E-state index in [4.69, 9.17) is 9.73 Å². The normalized spacial score (nSPS) is 17.9. The van der Waals surface area contributed by atoms with Gasteiger partial charge in [-0.15, -0.1) is 24.0 Å². The monoisotopic (exact) mass is 486 g/mol. The first kappa shape index (κ1) is 21.8. The standard InChI is InChI=1S/C20H30N4O2.HI/c1-4-21-19(24-11-10-20(14-24)8-5-9-20)22-13-16-6-7-18(26-3)17(12-16)23-15(2)25;/h6-7,12H,4-5,8-11,13-14H2,1-3H3,(H,21,22)(H,23,25);1H. The molecule has 1 heterocycles. The molecule has 1 aromatic carbocycles. The number of hydrogen-bond donors (Lipinski definition) is 2. The predicted molar refractivity (Wildman–Crippen MR) is 120 cm³/mol. The molecule has 0 radical (unpaired) electrons. The van der Waals surface area contributed by atoms with Gasteiger partial charge in [0.15, 0.2) is 5.96 Å². The smallest absolute Gasteiger partial charge is 0.221 e. The Morgan fingerprint density at radius 1 is 1.33 bits per heavy atom. The summed E-state index contributed by atoms with van der Waals surface area (Å²) in [6.45, 7) is 7.25. The van der Waals surface area contributed by atoms with Crippen LogP contribution in [-0.4, -0.2) is 43.5 Å². The van der Waals surface area contributed by atoms with Gasteiger partial charge in [-0.2, -0.15) is 0 Å². The van der Waals surface area contributed by atoms with Crippen LogP contribution < -0.4 is 15.4 Å². The van der Waals surface area contributed by atoms with Crippen molar-refractivity contribution in [3.8, 4) is 5.75 Å². The van der Waals surface area contributed by atoms with Crippen LogP contribution in [0.3, 0.4) is 0 Å². The van der Waals surface area contributed by atoms with Crippen molar-refractivity contribution in [2.45, 2.75) is 46.1 Å². The quantitative estimate of drug-likeness (QED) is 0.379. The van der Waals surface area contributed by atoms with Gasteiger partial charge >= 0.3 is 0 Å². The van der Waals surface area contributed by atoms with Crippen LogP contribution in [0.1, 0.15) is 45.1 Å². The number of nitrogens with one attached hydrogen (secondary N) is 2. The lowest BCUT2D eigenvalue weighted by atomic mass is 9.68. The van der Waals surface area contributed by atoms with Crippen molar-refractivity contribution in [2.24, 2.45) is 10.4 Å². The number of benzene rings is 1. The highest BCUT2D eigenvalue weighted by atomic mass is 127. The molecule has 7 heteroatoms. The van der Waals surface area contributed by atoms with E-state index in [2.05, 4.69) is 22.5 Å². The molecule has 0 unspecified atom stereocenters. The maximum Gasteiger partial charge on any atom is 0.221 e. The maximum atomic E-state index is 11.4. The lowest BCUT2D eigenvalue weighted by Crippen LogP contribution is -2.42. The Morgan fingerprint density at radius 2 is 2.11 bits per heavy atom. The highest BCUT2D eigenvalue weighted by Crippen LogP contribution is 2.47. The van der Waals surface area contributed by atoms with Crippen LogP contribution >= 0.6 is 24.0 Å². The van der Waals surface area contributed by atoms with E-state index in [9.17, 15) is 4.79 Å². The first-order valence-corrected chi connectivity index (χ1v) is 9.53. The summed E-state index contributed by atoms with van der Waals surface area (Å²) in [5.41, 5.74) is 2.28. The van der Waals surface area contributed by atoms with E-state index < -0.39 is 0 Å². The maximum absolute atomic E-state index is 11.4. The zero-order chi connectivity index (χ0) is 18.6. The molecule has 0 atom stereocenters. The number of ether oxygens (including phenoxy) is 1. The van der Waals surface area contributed by atoms with Gasteiger partial charge in [-0.25, -0.2) is 4.99 Å². The Labute approximate surface area is 179 Å². The van der Waals surface area contributed by atoms with Crippen LogP contribution in [0.25, 0.3) is 0 Å². The minimum atomic E-state index is -0.111. The van der Waals surface area contributed by atoms with Gasteiger partial charge in [-0.1, -0.05) is 12.5 Å². The molecule has 2 N–H and O–H groups in total. The molecule has 1 saturated carbocycles. The lowest BCUT2D eigenvalue weighted by Gasteiger charge is -2.38. The van der Waals surface area contributed by atoms with Gasteiger partial charge in [0.25, 0.3) is 0 Å². The number of hydrogen-bond acceptors (Lipinski definition) is 3. The van der Waals surface area contributed by atoms with Crippen molar-refractivity contribution in [3.05, 3.63) is 23.8 Å². The van der Waals surface area contributed by atoms with Crippen molar-refractivity contribution in [2.75, 3.05) is 32.1 Å². The summed E-state index contributed by atoms with van der Waals surface area (Å²) in [7, 11) is 1.60. The summed E-state index contributed by atoms with van der Waals surface area (Å²) >= 11 is 0. The van der Waals surface area contributed by atoms with Crippen LogP contribution in [0.15, 0.2) is 23.2 Å². The second-order valence-corrected chi connectivity index (χ2v) is 7.41. The first-order valence-electron chi connectivity index (χ1n) is 9.53. The zero-order valence-electron chi connectivity index (χ0n) is 16.5. The minimum absolute atomic E-state index is 0.